The van der Waals surface area contributed by atoms with Crippen LogP contribution in [0.25, 0.3) is 0 Å². The van der Waals surface area contributed by atoms with Crippen LogP contribution >= 0.6 is 11.8 Å². The van der Waals surface area contributed by atoms with Crippen LogP contribution in [0.5, 0.6) is 0 Å². The minimum atomic E-state index is 0.261. The Bertz CT molecular complexity index is 383. The zero-order valence-corrected chi connectivity index (χ0v) is 11.7. The number of rotatable bonds is 4. The highest BCUT2D eigenvalue weighted by atomic mass is 32.2. The third-order valence-electron chi connectivity index (χ3n) is 3.40. The lowest BCUT2D eigenvalue weighted by atomic mass is 10.0. The molecule has 1 aliphatic heterocycles. The summed E-state index contributed by atoms with van der Waals surface area (Å²) in [5.74, 6) is 0.769. The van der Waals surface area contributed by atoms with Crippen LogP contribution in [0.3, 0.4) is 0 Å². The minimum absolute atomic E-state index is 0.261. The molecular formula is C14H20N2OS. The van der Waals surface area contributed by atoms with Crippen molar-refractivity contribution in [2.24, 2.45) is 0 Å². The molecule has 1 amide bonds. The summed E-state index contributed by atoms with van der Waals surface area (Å²) in [5.41, 5.74) is 0. The molecule has 0 bridgehead atoms. The molecule has 0 aliphatic carbocycles. The van der Waals surface area contributed by atoms with Gasteiger partial charge in [-0.25, -0.2) is 4.98 Å². The molecule has 2 heterocycles. The summed E-state index contributed by atoms with van der Waals surface area (Å²) < 4.78 is 0. The highest BCUT2D eigenvalue weighted by molar-refractivity contribution is 7.99. The van der Waals surface area contributed by atoms with Crippen LogP contribution in [0.15, 0.2) is 29.4 Å². The molecule has 1 aliphatic rings. The number of aromatic nitrogens is 1. The van der Waals surface area contributed by atoms with Crippen molar-refractivity contribution in [2.45, 2.75) is 43.7 Å². The Morgan fingerprint density at radius 2 is 2.39 bits per heavy atom. The summed E-state index contributed by atoms with van der Waals surface area (Å²) in [6.45, 7) is 3.10. The van der Waals surface area contributed by atoms with E-state index in [-0.39, 0.29) is 5.91 Å². The number of likely N-dealkylation sites (tertiary alicyclic amines) is 1. The molecule has 0 spiro atoms. The van der Waals surface area contributed by atoms with Crippen molar-refractivity contribution in [3.63, 3.8) is 0 Å². The fourth-order valence-electron chi connectivity index (χ4n) is 2.40. The topological polar surface area (TPSA) is 33.2 Å². The molecule has 1 fully saturated rings. The van der Waals surface area contributed by atoms with E-state index in [9.17, 15) is 4.79 Å². The molecule has 0 saturated carbocycles. The Hall–Kier alpha value is -1.03. The number of hydrogen-bond acceptors (Lipinski definition) is 3. The Labute approximate surface area is 113 Å². The average Bonchev–Trinajstić information content (AvgIpc) is 2.45. The number of piperidine rings is 1. The van der Waals surface area contributed by atoms with Crippen molar-refractivity contribution in [2.75, 3.05) is 12.3 Å². The fraction of sp³-hybridized carbons (Fsp3) is 0.571. The van der Waals surface area contributed by atoms with E-state index in [1.165, 1.54) is 18.2 Å². The Kier molecular flexibility index (Phi) is 5.05. The number of carbonyl (C=O) groups is 1. The van der Waals surface area contributed by atoms with Gasteiger partial charge in [0, 0.05) is 18.8 Å². The summed E-state index contributed by atoms with van der Waals surface area (Å²) in [6, 6.07) is 6.25. The van der Waals surface area contributed by atoms with Crippen LogP contribution in [0, 0.1) is 0 Å². The van der Waals surface area contributed by atoms with Gasteiger partial charge in [-0.2, -0.15) is 0 Å². The number of pyridine rings is 1. The van der Waals surface area contributed by atoms with E-state index in [1.54, 1.807) is 6.20 Å². The number of thioether (sulfide) groups is 1. The van der Waals surface area contributed by atoms with E-state index in [1.807, 2.05) is 18.2 Å². The first-order valence-corrected chi connectivity index (χ1v) is 7.63. The zero-order valence-electron chi connectivity index (χ0n) is 10.8. The van der Waals surface area contributed by atoms with Gasteiger partial charge in [0.05, 0.1) is 10.8 Å². The van der Waals surface area contributed by atoms with Gasteiger partial charge in [-0.3, -0.25) is 4.79 Å². The molecular weight excluding hydrogens is 244 g/mol. The quantitative estimate of drug-likeness (QED) is 0.784. The van der Waals surface area contributed by atoms with E-state index in [0.717, 1.165) is 30.8 Å². The van der Waals surface area contributed by atoms with Crippen LogP contribution in [-0.2, 0) is 4.79 Å². The summed E-state index contributed by atoms with van der Waals surface area (Å²) >= 11 is 1.53. The Balaban J connectivity index is 1.87. The summed E-state index contributed by atoms with van der Waals surface area (Å²) in [6.07, 6.45) is 6.41. The first-order valence-electron chi connectivity index (χ1n) is 6.64. The van der Waals surface area contributed by atoms with E-state index >= 15 is 0 Å². The predicted octanol–water partition coefficient (Wildman–Crippen LogP) is 2.96. The first kappa shape index (κ1) is 13.4. The molecule has 1 aromatic heterocycles. The van der Waals surface area contributed by atoms with Crippen molar-refractivity contribution in [1.82, 2.24) is 9.88 Å². The highest BCUT2D eigenvalue weighted by Crippen LogP contribution is 2.22. The Morgan fingerprint density at radius 1 is 1.50 bits per heavy atom. The summed E-state index contributed by atoms with van der Waals surface area (Å²) in [7, 11) is 0. The molecule has 4 heteroatoms. The number of amides is 1. The van der Waals surface area contributed by atoms with Crippen molar-refractivity contribution >= 4 is 17.7 Å². The zero-order chi connectivity index (χ0) is 12.8. The second-order valence-corrected chi connectivity index (χ2v) is 5.60. The SMILES string of the molecule is CC[C@H]1CCCCN1C(=O)CSc1ccccn1. The molecule has 0 N–H and O–H groups in total. The fourth-order valence-corrected chi connectivity index (χ4v) is 3.15. The van der Waals surface area contributed by atoms with Crippen LogP contribution in [0.1, 0.15) is 32.6 Å². The largest absolute Gasteiger partial charge is 0.339 e. The maximum absolute atomic E-state index is 12.2. The van der Waals surface area contributed by atoms with Gasteiger partial charge in [0.1, 0.15) is 0 Å². The number of nitrogens with zero attached hydrogens (tertiary/aromatic N) is 2. The van der Waals surface area contributed by atoms with E-state index < -0.39 is 0 Å². The third-order valence-corrected chi connectivity index (χ3v) is 4.33. The minimum Gasteiger partial charge on any atom is -0.339 e. The number of hydrogen-bond donors (Lipinski definition) is 0. The van der Waals surface area contributed by atoms with Gasteiger partial charge >= 0.3 is 0 Å². The standard InChI is InChI=1S/C14H20N2OS/c1-2-12-7-4-6-10-16(12)14(17)11-18-13-8-3-5-9-15-13/h3,5,8-9,12H,2,4,6-7,10-11H2,1H3/t12-/m0/s1. The summed E-state index contributed by atoms with van der Waals surface area (Å²) in [4.78, 5) is 18.5. The third kappa shape index (κ3) is 3.48. The summed E-state index contributed by atoms with van der Waals surface area (Å²) in [5, 5.41) is 0.927. The van der Waals surface area contributed by atoms with E-state index in [2.05, 4.69) is 16.8 Å². The van der Waals surface area contributed by atoms with Crippen molar-refractivity contribution in [3.8, 4) is 0 Å². The van der Waals surface area contributed by atoms with Crippen LogP contribution in [0.2, 0.25) is 0 Å². The van der Waals surface area contributed by atoms with Crippen molar-refractivity contribution in [1.29, 1.82) is 0 Å². The smallest absolute Gasteiger partial charge is 0.233 e. The molecule has 1 aromatic rings. The van der Waals surface area contributed by atoms with E-state index in [4.69, 9.17) is 0 Å². The second kappa shape index (κ2) is 6.78. The van der Waals surface area contributed by atoms with Gasteiger partial charge in [0.15, 0.2) is 0 Å². The highest BCUT2D eigenvalue weighted by Gasteiger charge is 2.24. The molecule has 3 nitrogen and oxygen atoms in total. The van der Waals surface area contributed by atoms with Gasteiger partial charge in [-0.15, -0.1) is 0 Å². The Morgan fingerprint density at radius 3 is 3.11 bits per heavy atom. The lowest BCUT2D eigenvalue weighted by molar-refractivity contribution is -0.132. The molecule has 98 valence electrons. The molecule has 0 unspecified atom stereocenters. The molecule has 18 heavy (non-hydrogen) atoms. The van der Waals surface area contributed by atoms with Crippen LogP contribution in [-0.4, -0.2) is 34.1 Å². The van der Waals surface area contributed by atoms with Crippen LogP contribution in [0.4, 0.5) is 0 Å². The van der Waals surface area contributed by atoms with Gasteiger partial charge in [0.25, 0.3) is 0 Å². The maximum Gasteiger partial charge on any atom is 0.233 e. The van der Waals surface area contributed by atoms with Gasteiger partial charge in [0.2, 0.25) is 5.91 Å². The first-order chi connectivity index (χ1) is 8.81. The average molecular weight is 264 g/mol. The van der Waals surface area contributed by atoms with Crippen molar-refractivity contribution < 1.29 is 4.79 Å². The van der Waals surface area contributed by atoms with Crippen LogP contribution < -0.4 is 0 Å². The van der Waals surface area contributed by atoms with Gasteiger partial charge in [-0.1, -0.05) is 24.8 Å². The van der Waals surface area contributed by atoms with Gasteiger partial charge < -0.3 is 4.90 Å². The molecule has 2 rings (SSSR count). The number of carbonyl (C=O) groups excluding carboxylic acids is 1. The molecule has 1 atom stereocenters. The predicted molar refractivity (Wildman–Crippen MR) is 74.6 cm³/mol. The van der Waals surface area contributed by atoms with Crippen molar-refractivity contribution in [3.05, 3.63) is 24.4 Å². The lowest BCUT2D eigenvalue weighted by Gasteiger charge is -2.35. The normalized spacial score (nSPS) is 19.8. The lowest BCUT2D eigenvalue weighted by Crippen LogP contribution is -2.44. The van der Waals surface area contributed by atoms with E-state index in [0.29, 0.717) is 11.8 Å². The second-order valence-electron chi connectivity index (χ2n) is 4.60. The molecule has 0 radical (unpaired) electrons. The molecule has 0 aromatic carbocycles. The maximum atomic E-state index is 12.2. The molecule has 1 saturated heterocycles. The monoisotopic (exact) mass is 264 g/mol. The van der Waals surface area contributed by atoms with Gasteiger partial charge in [-0.05, 0) is 37.8 Å².